The molecule has 3 heteroatoms. The summed E-state index contributed by atoms with van der Waals surface area (Å²) in [6, 6.07) is 10.0. The quantitative estimate of drug-likeness (QED) is 0.888. The van der Waals surface area contributed by atoms with E-state index in [0.717, 1.165) is 11.7 Å². The Morgan fingerprint density at radius 1 is 1.11 bits per heavy atom. The maximum atomic E-state index is 6.24. The van der Waals surface area contributed by atoms with Crippen molar-refractivity contribution in [3.8, 4) is 0 Å². The van der Waals surface area contributed by atoms with Crippen LogP contribution < -0.4 is 11.1 Å². The number of benzene rings is 1. The Bertz CT molecular complexity index is 427. The Hall–Kier alpha value is -0.510. The third-order valence-corrected chi connectivity index (χ3v) is 5.84. The maximum absolute atomic E-state index is 6.24. The predicted molar refractivity (Wildman–Crippen MR) is 83.4 cm³/mol. The van der Waals surface area contributed by atoms with Gasteiger partial charge in [-0.15, -0.1) is 0 Å². The minimum Gasteiger partial charge on any atom is -0.324 e. The highest BCUT2D eigenvalue weighted by Gasteiger charge is 2.30. The van der Waals surface area contributed by atoms with E-state index in [0.29, 0.717) is 12.1 Å². The summed E-state index contributed by atoms with van der Waals surface area (Å²) in [6.45, 7) is 0. The van der Waals surface area contributed by atoms with E-state index < -0.39 is 0 Å². The topological polar surface area (TPSA) is 38.0 Å². The van der Waals surface area contributed by atoms with Crippen LogP contribution in [0.2, 0.25) is 0 Å². The first-order chi connectivity index (χ1) is 9.28. The van der Waals surface area contributed by atoms with Crippen molar-refractivity contribution in [3.63, 3.8) is 0 Å². The zero-order valence-electron chi connectivity index (χ0n) is 11.6. The smallest absolute Gasteiger partial charge is 0.0344 e. The van der Waals surface area contributed by atoms with Gasteiger partial charge >= 0.3 is 0 Å². The molecule has 0 bridgehead atoms. The van der Waals surface area contributed by atoms with E-state index in [9.17, 15) is 0 Å². The van der Waals surface area contributed by atoms with Gasteiger partial charge in [0.05, 0.1) is 0 Å². The number of nitrogens with one attached hydrogen (secondary N) is 1. The molecule has 0 aromatic heterocycles. The SMILES string of the molecule is CSC1CCC(NC2CC(N)c3ccccc32)CC1. The van der Waals surface area contributed by atoms with Crippen molar-refractivity contribution < 1.29 is 0 Å². The fourth-order valence-corrected chi connectivity index (χ4v) is 4.32. The molecule has 19 heavy (non-hydrogen) atoms. The van der Waals surface area contributed by atoms with Crippen molar-refractivity contribution in [1.82, 2.24) is 5.32 Å². The normalized spacial score (nSPS) is 34.2. The lowest BCUT2D eigenvalue weighted by Gasteiger charge is -2.30. The fourth-order valence-electron chi connectivity index (χ4n) is 3.58. The Kier molecular flexibility index (Phi) is 4.15. The van der Waals surface area contributed by atoms with Crippen LogP contribution in [-0.2, 0) is 0 Å². The van der Waals surface area contributed by atoms with Crippen LogP contribution in [0.1, 0.15) is 55.3 Å². The average Bonchev–Trinajstić information content (AvgIpc) is 2.77. The first-order valence-electron chi connectivity index (χ1n) is 7.41. The summed E-state index contributed by atoms with van der Waals surface area (Å²) >= 11 is 2.03. The molecule has 0 aliphatic heterocycles. The van der Waals surface area contributed by atoms with E-state index in [1.54, 1.807) is 0 Å². The number of hydrogen-bond acceptors (Lipinski definition) is 3. The molecule has 1 fully saturated rings. The van der Waals surface area contributed by atoms with Crippen molar-refractivity contribution in [3.05, 3.63) is 35.4 Å². The van der Waals surface area contributed by atoms with Gasteiger partial charge in [0.25, 0.3) is 0 Å². The average molecular weight is 276 g/mol. The first-order valence-corrected chi connectivity index (χ1v) is 8.70. The van der Waals surface area contributed by atoms with Crippen LogP contribution in [0.3, 0.4) is 0 Å². The molecule has 104 valence electrons. The lowest BCUT2D eigenvalue weighted by molar-refractivity contribution is 0.337. The second-order valence-electron chi connectivity index (χ2n) is 5.90. The first kappa shape index (κ1) is 13.5. The van der Waals surface area contributed by atoms with E-state index >= 15 is 0 Å². The van der Waals surface area contributed by atoms with Crippen LogP contribution in [0.4, 0.5) is 0 Å². The molecule has 1 saturated carbocycles. The third-order valence-electron chi connectivity index (χ3n) is 4.70. The molecule has 2 aliphatic rings. The molecule has 3 N–H and O–H groups in total. The Balaban J connectivity index is 1.63. The highest BCUT2D eigenvalue weighted by molar-refractivity contribution is 7.99. The second kappa shape index (κ2) is 5.86. The summed E-state index contributed by atoms with van der Waals surface area (Å²) in [4.78, 5) is 0. The molecule has 2 atom stereocenters. The van der Waals surface area contributed by atoms with Gasteiger partial charge in [0.15, 0.2) is 0 Å². The standard InChI is InChI=1S/C16H24N2S/c1-19-12-8-6-11(7-9-12)18-16-10-15(17)13-4-2-3-5-14(13)16/h2-5,11-12,15-16,18H,6-10,17H2,1H3. The summed E-state index contributed by atoms with van der Waals surface area (Å²) < 4.78 is 0. The molecular weight excluding hydrogens is 252 g/mol. The molecule has 2 nitrogen and oxygen atoms in total. The molecule has 0 saturated heterocycles. The number of fused-ring (bicyclic) bond motifs is 1. The van der Waals surface area contributed by atoms with Crippen molar-refractivity contribution in [1.29, 1.82) is 0 Å². The largest absolute Gasteiger partial charge is 0.324 e. The van der Waals surface area contributed by atoms with Crippen LogP contribution in [0.25, 0.3) is 0 Å². The zero-order valence-corrected chi connectivity index (χ0v) is 12.5. The number of rotatable bonds is 3. The summed E-state index contributed by atoms with van der Waals surface area (Å²) in [5.74, 6) is 0. The molecule has 0 radical (unpaired) electrons. The Morgan fingerprint density at radius 3 is 2.47 bits per heavy atom. The van der Waals surface area contributed by atoms with Gasteiger partial charge in [-0.1, -0.05) is 24.3 Å². The van der Waals surface area contributed by atoms with E-state index in [2.05, 4.69) is 35.8 Å². The summed E-state index contributed by atoms with van der Waals surface area (Å²) in [7, 11) is 0. The molecule has 0 spiro atoms. The Labute approximate surface area is 120 Å². The third kappa shape index (κ3) is 2.83. The summed E-state index contributed by atoms with van der Waals surface area (Å²) in [5, 5.41) is 4.75. The minimum absolute atomic E-state index is 0.219. The second-order valence-corrected chi connectivity index (χ2v) is 7.04. The van der Waals surface area contributed by atoms with Gasteiger partial charge in [-0.25, -0.2) is 0 Å². The number of thioether (sulfide) groups is 1. The van der Waals surface area contributed by atoms with Crippen molar-refractivity contribution in [2.45, 2.75) is 55.5 Å². The molecule has 2 aliphatic carbocycles. The highest BCUT2D eigenvalue weighted by Crippen LogP contribution is 2.38. The lowest BCUT2D eigenvalue weighted by atomic mass is 9.93. The predicted octanol–water partition coefficient (Wildman–Crippen LogP) is 3.40. The maximum Gasteiger partial charge on any atom is 0.0344 e. The molecule has 0 amide bonds. The summed E-state index contributed by atoms with van der Waals surface area (Å²) in [5.41, 5.74) is 9.02. The van der Waals surface area contributed by atoms with Crippen molar-refractivity contribution in [2.24, 2.45) is 5.73 Å². The number of nitrogens with two attached hydrogens (primary N) is 1. The van der Waals surface area contributed by atoms with E-state index in [4.69, 9.17) is 5.73 Å². The van der Waals surface area contributed by atoms with E-state index in [1.165, 1.54) is 36.8 Å². The van der Waals surface area contributed by atoms with Crippen molar-refractivity contribution in [2.75, 3.05) is 6.26 Å². The zero-order chi connectivity index (χ0) is 13.2. The summed E-state index contributed by atoms with van der Waals surface area (Å²) in [6.07, 6.45) is 8.66. The minimum atomic E-state index is 0.219. The van der Waals surface area contributed by atoms with Crippen LogP contribution in [0.15, 0.2) is 24.3 Å². The Morgan fingerprint density at radius 2 is 1.79 bits per heavy atom. The van der Waals surface area contributed by atoms with Crippen LogP contribution >= 0.6 is 11.8 Å². The van der Waals surface area contributed by atoms with Gasteiger partial charge in [-0.05, 0) is 49.5 Å². The molecule has 1 aromatic rings. The van der Waals surface area contributed by atoms with Gasteiger partial charge < -0.3 is 11.1 Å². The molecule has 0 heterocycles. The number of hydrogen-bond donors (Lipinski definition) is 2. The van der Waals surface area contributed by atoms with Gasteiger partial charge in [0, 0.05) is 23.4 Å². The van der Waals surface area contributed by atoms with Gasteiger partial charge in [0.1, 0.15) is 0 Å². The van der Waals surface area contributed by atoms with Gasteiger partial charge in [0.2, 0.25) is 0 Å². The van der Waals surface area contributed by atoms with Crippen molar-refractivity contribution >= 4 is 11.8 Å². The van der Waals surface area contributed by atoms with E-state index in [1.807, 2.05) is 11.8 Å². The fraction of sp³-hybridized carbons (Fsp3) is 0.625. The lowest BCUT2D eigenvalue weighted by Crippen LogP contribution is -2.36. The van der Waals surface area contributed by atoms with Crippen LogP contribution in [0.5, 0.6) is 0 Å². The molecule has 2 unspecified atom stereocenters. The van der Waals surface area contributed by atoms with E-state index in [-0.39, 0.29) is 6.04 Å². The highest BCUT2D eigenvalue weighted by atomic mass is 32.2. The molecule has 1 aromatic carbocycles. The molecular formula is C16H24N2S. The molecule has 3 rings (SSSR count). The van der Waals surface area contributed by atoms with Crippen LogP contribution in [0, 0.1) is 0 Å². The van der Waals surface area contributed by atoms with Gasteiger partial charge in [-0.3, -0.25) is 0 Å². The van der Waals surface area contributed by atoms with Gasteiger partial charge in [-0.2, -0.15) is 11.8 Å². The monoisotopic (exact) mass is 276 g/mol. The van der Waals surface area contributed by atoms with Crippen LogP contribution in [-0.4, -0.2) is 17.5 Å².